The molecule has 1 unspecified atom stereocenters. The largest absolute Gasteiger partial charge is 0.396 e. The first-order chi connectivity index (χ1) is 11.8. The number of aliphatic hydroxyl groups is 2. The summed E-state index contributed by atoms with van der Waals surface area (Å²) in [5.41, 5.74) is 1.13. The van der Waals surface area contributed by atoms with E-state index in [-0.39, 0.29) is 31.0 Å². The number of carbonyl (C=O) groups excluding carboxylic acids is 1. The van der Waals surface area contributed by atoms with E-state index in [0.717, 1.165) is 17.7 Å². The second-order valence-electron chi connectivity index (χ2n) is 7.26. The van der Waals surface area contributed by atoms with E-state index in [1.54, 1.807) is 13.0 Å². The maximum atomic E-state index is 13.4. The van der Waals surface area contributed by atoms with E-state index in [4.69, 9.17) is 0 Å². The number of carbonyl (C=O) groups is 1. The number of hydrogen-bond acceptors (Lipinski definition) is 4. The second kappa shape index (κ2) is 8.25. The molecule has 6 heteroatoms. The number of amides is 1. The zero-order chi connectivity index (χ0) is 18.6. The molecule has 1 amide bonds. The molecule has 0 saturated carbocycles. The molecule has 1 heterocycles. The van der Waals surface area contributed by atoms with Crippen LogP contribution in [0.3, 0.4) is 0 Å². The van der Waals surface area contributed by atoms with Crippen LogP contribution in [0.4, 0.5) is 4.39 Å². The van der Waals surface area contributed by atoms with Gasteiger partial charge in [0, 0.05) is 32.8 Å². The Morgan fingerprint density at radius 1 is 1.28 bits per heavy atom. The van der Waals surface area contributed by atoms with Crippen LogP contribution in [0.2, 0.25) is 0 Å². The number of likely N-dealkylation sites (N-methyl/N-ethyl adjacent to an activating group) is 1. The Morgan fingerprint density at radius 2 is 1.92 bits per heavy atom. The lowest BCUT2D eigenvalue weighted by Crippen LogP contribution is -2.53. The summed E-state index contributed by atoms with van der Waals surface area (Å²) in [7, 11) is 2.01. The van der Waals surface area contributed by atoms with Gasteiger partial charge in [0.2, 0.25) is 5.91 Å². The van der Waals surface area contributed by atoms with Crippen molar-refractivity contribution in [2.45, 2.75) is 32.7 Å². The molecule has 1 aliphatic rings. The standard InChI is InChI=1S/C19H29FN2O3/c1-14-12-15(20)4-5-16(14)17-13-22(9-8-21(17)3)18(25)19(2,6-10-23)7-11-24/h4-5,12,17,23-24H,6-11,13H2,1-3H3. The van der Waals surface area contributed by atoms with Crippen molar-refractivity contribution in [3.8, 4) is 0 Å². The molecule has 140 valence electrons. The molecular weight excluding hydrogens is 323 g/mol. The van der Waals surface area contributed by atoms with Crippen molar-refractivity contribution in [1.82, 2.24) is 9.80 Å². The molecule has 5 nitrogen and oxygen atoms in total. The van der Waals surface area contributed by atoms with Crippen molar-refractivity contribution in [2.24, 2.45) is 5.41 Å². The van der Waals surface area contributed by atoms with Gasteiger partial charge >= 0.3 is 0 Å². The molecule has 0 aromatic heterocycles. The van der Waals surface area contributed by atoms with E-state index in [1.807, 2.05) is 18.9 Å². The van der Waals surface area contributed by atoms with Gasteiger partial charge in [-0.05, 0) is 50.1 Å². The molecule has 0 spiro atoms. The summed E-state index contributed by atoms with van der Waals surface area (Å²) < 4.78 is 13.4. The molecular formula is C19H29FN2O3. The van der Waals surface area contributed by atoms with Crippen molar-refractivity contribution in [3.05, 3.63) is 35.1 Å². The van der Waals surface area contributed by atoms with Gasteiger partial charge in [-0.3, -0.25) is 9.69 Å². The molecule has 2 N–H and O–H groups in total. The highest BCUT2D eigenvalue weighted by atomic mass is 19.1. The van der Waals surface area contributed by atoms with Crippen molar-refractivity contribution in [2.75, 3.05) is 39.9 Å². The Bertz CT molecular complexity index is 602. The fourth-order valence-corrected chi connectivity index (χ4v) is 3.62. The summed E-state index contributed by atoms with van der Waals surface area (Å²) in [6, 6.07) is 4.77. The van der Waals surface area contributed by atoms with Gasteiger partial charge in [0.1, 0.15) is 5.82 Å². The Balaban J connectivity index is 2.22. The van der Waals surface area contributed by atoms with E-state index < -0.39 is 5.41 Å². The number of aliphatic hydroxyl groups excluding tert-OH is 2. The van der Waals surface area contributed by atoms with Crippen LogP contribution in [0.5, 0.6) is 0 Å². The van der Waals surface area contributed by atoms with E-state index in [1.165, 1.54) is 12.1 Å². The highest BCUT2D eigenvalue weighted by Crippen LogP contribution is 2.32. The average Bonchev–Trinajstić information content (AvgIpc) is 2.55. The molecule has 0 radical (unpaired) electrons. The molecule has 1 aliphatic heterocycles. The smallest absolute Gasteiger partial charge is 0.228 e. The van der Waals surface area contributed by atoms with E-state index in [0.29, 0.717) is 25.9 Å². The average molecular weight is 352 g/mol. The highest BCUT2D eigenvalue weighted by molar-refractivity contribution is 5.82. The Hall–Kier alpha value is -1.50. The Labute approximate surface area is 149 Å². The van der Waals surface area contributed by atoms with Crippen LogP contribution in [0.25, 0.3) is 0 Å². The van der Waals surface area contributed by atoms with Crippen molar-refractivity contribution in [1.29, 1.82) is 0 Å². The number of nitrogens with zero attached hydrogens (tertiary/aromatic N) is 2. The van der Waals surface area contributed by atoms with Gasteiger partial charge in [-0.1, -0.05) is 13.0 Å². The normalized spacial score (nSPS) is 19.3. The maximum Gasteiger partial charge on any atom is 0.228 e. The van der Waals surface area contributed by atoms with Gasteiger partial charge in [-0.15, -0.1) is 0 Å². The summed E-state index contributed by atoms with van der Waals surface area (Å²) in [5.74, 6) is -0.292. The third-order valence-corrected chi connectivity index (χ3v) is 5.37. The van der Waals surface area contributed by atoms with Gasteiger partial charge in [0.25, 0.3) is 0 Å². The van der Waals surface area contributed by atoms with Crippen LogP contribution in [0.1, 0.15) is 36.9 Å². The van der Waals surface area contributed by atoms with Gasteiger partial charge in [-0.2, -0.15) is 0 Å². The third kappa shape index (κ3) is 4.37. The highest BCUT2D eigenvalue weighted by Gasteiger charge is 2.39. The number of aryl methyl sites for hydroxylation is 1. The van der Waals surface area contributed by atoms with Gasteiger partial charge < -0.3 is 15.1 Å². The second-order valence-corrected chi connectivity index (χ2v) is 7.26. The first-order valence-electron chi connectivity index (χ1n) is 8.80. The van der Waals surface area contributed by atoms with Crippen LogP contribution in [-0.4, -0.2) is 65.8 Å². The molecule has 1 fully saturated rings. The fourth-order valence-electron chi connectivity index (χ4n) is 3.62. The van der Waals surface area contributed by atoms with Crippen molar-refractivity contribution >= 4 is 5.91 Å². The fraction of sp³-hybridized carbons (Fsp3) is 0.632. The minimum atomic E-state index is -0.762. The number of benzene rings is 1. The minimum absolute atomic E-state index is 0.00537. The summed E-state index contributed by atoms with van der Waals surface area (Å²) in [6.45, 7) is 5.37. The van der Waals surface area contributed by atoms with Crippen LogP contribution < -0.4 is 0 Å². The lowest BCUT2D eigenvalue weighted by molar-refractivity contribution is -0.146. The van der Waals surface area contributed by atoms with E-state index >= 15 is 0 Å². The van der Waals surface area contributed by atoms with Crippen LogP contribution in [0, 0.1) is 18.2 Å². The molecule has 1 atom stereocenters. The lowest BCUT2D eigenvalue weighted by Gasteiger charge is -2.43. The topological polar surface area (TPSA) is 64.0 Å². The molecule has 25 heavy (non-hydrogen) atoms. The van der Waals surface area contributed by atoms with E-state index in [9.17, 15) is 19.4 Å². The Kier molecular flexibility index (Phi) is 6.54. The van der Waals surface area contributed by atoms with Gasteiger partial charge in [0.05, 0.1) is 11.5 Å². The zero-order valence-electron chi connectivity index (χ0n) is 15.3. The lowest BCUT2D eigenvalue weighted by atomic mass is 9.81. The summed E-state index contributed by atoms with van der Waals surface area (Å²) in [4.78, 5) is 17.0. The minimum Gasteiger partial charge on any atom is -0.396 e. The quantitative estimate of drug-likeness (QED) is 0.818. The molecule has 1 aromatic carbocycles. The monoisotopic (exact) mass is 352 g/mol. The molecule has 1 aromatic rings. The number of halogens is 1. The first-order valence-corrected chi connectivity index (χ1v) is 8.80. The number of hydrogen-bond donors (Lipinski definition) is 2. The molecule has 1 saturated heterocycles. The van der Waals surface area contributed by atoms with Crippen LogP contribution in [-0.2, 0) is 4.79 Å². The number of rotatable bonds is 6. The predicted octanol–water partition coefficient (Wildman–Crippen LogP) is 1.72. The molecule has 0 bridgehead atoms. The van der Waals surface area contributed by atoms with Crippen molar-refractivity contribution < 1.29 is 19.4 Å². The van der Waals surface area contributed by atoms with Crippen LogP contribution >= 0.6 is 0 Å². The summed E-state index contributed by atoms with van der Waals surface area (Å²) >= 11 is 0. The van der Waals surface area contributed by atoms with Crippen LogP contribution in [0.15, 0.2) is 18.2 Å². The SMILES string of the molecule is Cc1cc(F)ccc1C1CN(C(=O)C(C)(CCO)CCO)CCN1C. The zero-order valence-corrected chi connectivity index (χ0v) is 15.3. The first kappa shape index (κ1) is 19.8. The summed E-state index contributed by atoms with van der Waals surface area (Å²) in [6.07, 6.45) is 0.665. The predicted molar refractivity (Wildman–Crippen MR) is 94.6 cm³/mol. The molecule has 2 rings (SSSR count). The maximum absolute atomic E-state index is 13.4. The van der Waals surface area contributed by atoms with Gasteiger partial charge in [0.15, 0.2) is 0 Å². The van der Waals surface area contributed by atoms with Gasteiger partial charge in [-0.25, -0.2) is 4.39 Å². The molecule has 0 aliphatic carbocycles. The summed E-state index contributed by atoms with van der Waals surface area (Å²) in [5, 5.41) is 18.6. The third-order valence-electron chi connectivity index (χ3n) is 5.37. The number of piperazine rings is 1. The Morgan fingerprint density at radius 3 is 2.48 bits per heavy atom. The van der Waals surface area contributed by atoms with E-state index in [2.05, 4.69) is 4.90 Å². The van der Waals surface area contributed by atoms with Crippen molar-refractivity contribution in [3.63, 3.8) is 0 Å².